The minimum Gasteiger partial charge on any atom is -0.378 e. The average Bonchev–Trinajstić information content (AvgIpc) is 3.02. The van der Waals surface area contributed by atoms with Crippen LogP contribution in [0.2, 0.25) is 0 Å². The summed E-state index contributed by atoms with van der Waals surface area (Å²) in [6, 6.07) is 8.14. The van der Waals surface area contributed by atoms with Crippen molar-refractivity contribution in [3.8, 4) is 0 Å². The van der Waals surface area contributed by atoms with E-state index in [1.54, 1.807) is 0 Å². The molecule has 7 nitrogen and oxygen atoms in total. The Labute approximate surface area is 170 Å². The first-order valence-electron chi connectivity index (χ1n) is 10.3. The first-order chi connectivity index (χ1) is 14.1. The molecule has 2 saturated heterocycles. The van der Waals surface area contributed by atoms with Crippen molar-refractivity contribution in [2.75, 3.05) is 37.7 Å². The van der Waals surface area contributed by atoms with Crippen LogP contribution in [0, 0.1) is 11.8 Å². The van der Waals surface area contributed by atoms with E-state index >= 15 is 0 Å². The summed E-state index contributed by atoms with van der Waals surface area (Å²) in [5.74, 6) is -0.886. The van der Waals surface area contributed by atoms with Gasteiger partial charge in [-0.05, 0) is 30.5 Å². The van der Waals surface area contributed by atoms with Crippen molar-refractivity contribution in [2.45, 2.75) is 25.8 Å². The number of hydrogen-bond acceptors (Lipinski definition) is 5. The summed E-state index contributed by atoms with van der Waals surface area (Å²) in [5.41, 5.74) is 2.17. The molecule has 3 aliphatic rings. The third-order valence-electron chi connectivity index (χ3n) is 5.96. The number of benzene rings is 1. The molecule has 4 rings (SSSR count). The number of allylic oxidation sites excluding steroid dienone is 2. The van der Waals surface area contributed by atoms with Gasteiger partial charge in [-0.3, -0.25) is 19.3 Å². The highest BCUT2D eigenvalue weighted by Crippen LogP contribution is 2.34. The van der Waals surface area contributed by atoms with Crippen LogP contribution in [0.25, 0.3) is 0 Å². The van der Waals surface area contributed by atoms with Gasteiger partial charge in [-0.1, -0.05) is 24.3 Å². The predicted octanol–water partition coefficient (Wildman–Crippen LogP) is 1.48. The van der Waals surface area contributed by atoms with Gasteiger partial charge >= 0.3 is 0 Å². The quantitative estimate of drug-likeness (QED) is 0.581. The van der Waals surface area contributed by atoms with E-state index in [1.807, 2.05) is 24.3 Å². The van der Waals surface area contributed by atoms with Crippen LogP contribution >= 0.6 is 0 Å². The van der Waals surface area contributed by atoms with Crippen LogP contribution in [0.1, 0.15) is 24.8 Å². The second kappa shape index (κ2) is 8.78. The topological polar surface area (TPSA) is 79.0 Å². The van der Waals surface area contributed by atoms with Gasteiger partial charge in [0.25, 0.3) is 0 Å². The Bertz CT molecular complexity index is 773. The number of hydrogen-bond donors (Lipinski definition) is 1. The first-order valence-corrected chi connectivity index (χ1v) is 10.3. The molecule has 154 valence electrons. The van der Waals surface area contributed by atoms with E-state index in [4.69, 9.17) is 4.74 Å². The lowest BCUT2D eigenvalue weighted by atomic mass is 9.85. The molecular formula is C22H27N3O4. The lowest BCUT2D eigenvalue weighted by Crippen LogP contribution is -2.36. The summed E-state index contributed by atoms with van der Waals surface area (Å²) >= 11 is 0. The Morgan fingerprint density at radius 2 is 1.62 bits per heavy atom. The van der Waals surface area contributed by atoms with E-state index in [-0.39, 0.29) is 42.5 Å². The van der Waals surface area contributed by atoms with Crippen molar-refractivity contribution >= 4 is 23.4 Å². The number of ether oxygens (including phenoxy) is 1. The van der Waals surface area contributed by atoms with E-state index in [0.717, 1.165) is 37.6 Å². The Balaban J connectivity index is 1.23. The molecule has 0 aromatic heterocycles. The van der Waals surface area contributed by atoms with E-state index in [9.17, 15) is 14.4 Å². The fourth-order valence-electron chi connectivity index (χ4n) is 4.24. The van der Waals surface area contributed by atoms with Crippen molar-refractivity contribution in [3.05, 3.63) is 42.0 Å². The summed E-state index contributed by atoms with van der Waals surface area (Å²) in [6.07, 6.45) is 5.31. The predicted molar refractivity (Wildman–Crippen MR) is 108 cm³/mol. The molecule has 1 aliphatic carbocycles. The maximum atomic E-state index is 12.4. The number of anilines is 1. The summed E-state index contributed by atoms with van der Waals surface area (Å²) in [4.78, 5) is 40.6. The Hall–Kier alpha value is -2.67. The monoisotopic (exact) mass is 397 g/mol. The number of rotatable bonds is 6. The second-order valence-electron chi connectivity index (χ2n) is 7.78. The zero-order chi connectivity index (χ0) is 20.2. The lowest BCUT2D eigenvalue weighted by molar-refractivity contribution is -0.140. The van der Waals surface area contributed by atoms with Crippen LogP contribution in [-0.4, -0.2) is 55.5 Å². The minimum absolute atomic E-state index is 0.129. The SMILES string of the molecule is O=C(CCN1C(=O)[C@H]2CC=CC[C@H]2C1=O)NCc1ccc(N2CCOCC2)cc1. The summed E-state index contributed by atoms with van der Waals surface area (Å²) in [5, 5.41) is 2.88. The van der Waals surface area contributed by atoms with Gasteiger partial charge < -0.3 is 15.0 Å². The molecule has 0 radical (unpaired) electrons. The summed E-state index contributed by atoms with van der Waals surface area (Å²) in [6.45, 7) is 3.87. The summed E-state index contributed by atoms with van der Waals surface area (Å²) < 4.78 is 5.37. The fourth-order valence-corrected chi connectivity index (χ4v) is 4.24. The standard InChI is InChI=1S/C22H27N3O4/c26-20(9-10-25-21(27)18-3-1-2-4-19(18)22(25)28)23-15-16-5-7-17(8-6-16)24-11-13-29-14-12-24/h1-2,5-8,18-19H,3-4,9-15H2,(H,23,26)/t18-,19+. The Kier molecular flexibility index (Phi) is 5.94. The van der Waals surface area contributed by atoms with E-state index in [1.165, 1.54) is 4.90 Å². The molecule has 2 heterocycles. The normalized spacial score (nSPS) is 24.0. The third-order valence-corrected chi connectivity index (χ3v) is 5.96. The van der Waals surface area contributed by atoms with Gasteiger partial charge in [0.05, 0.1) is 25.0 Å². The zero-order valence-corrected chi connectivity index (χ0v) is 16.5. The molecule has 1 aromatic carbocycles. The molecule has 2 fully saturated rings. The Morgan fingerprint density at radius 1 is 1.00 bits per heavy atom. The molecule has 2 aliphatic heterocycles. The maximum absolute atomic E-state index is 12.4. The van der Waals surface area contributed by atoms with E-state index in [2.05, 4.69) is 22.3 Å². The highest BCUT2D eigenvalue weighted by Gasteiger charge is 2.46. The van der Waals surface area contributed by atoms with E-state index < -0.39 is 0 Å². The van der Waals surface area contributed by atoms with Crippen molar-refractivity contribution in [1.29, 1.82) is 0 Å². The van der Waals surface area contributed by atoms with Crippen LogP contribution in [0.4, 0.5) is 5.69 Å². The minimum atomic E-state index is -0.236. The number of likely N-dealkylation sites (tertiary alicyclic amines) is 1. The van der Waals surface area contributed by atoms with Crippen LogP contribution in [-0.2, 0) is 25.7 Å². The molecule has 3 amide bonds. The smallest absolute Gasteiger partial charge is 0.233 e. The highest BCUT2D eigenvalue weighted by molar-refractivity contribution is 6.05. The molecule has 2 atom stereocenters. The molecule has 29 heavy (non-hydrogen) atoms. The number of fused-ring (bicyclic) bond motifs is 1. The molecule has 0 bridgehead atoms. The molecular weight excluding hydrogens is 370 g/mol. The second-order valence-corrected chi connectivity index (χ2v) is 7.78. The van der Waals surface area contributed by atoms with Gasteiger partial charge in [-0.2, -0.15) is 0 Å². The van der Waals surface area contributed by atoms with E-state index in [0.29, 0.717) is 19.4 Å². The number of carbonyl (C=O) groups excluding carboxylic acids is 3. The van der Waals surface area contributed by atoms with Gasteiger partial charge in [-0.25, -0.2) is 0 Å². The molecule has 1 N–H and O–H groups in total. The van der Waals surface area contributed by atoms with Crippen molar-refractivity contribution in [2.24, 2.45) is 11.8 Å². The van der Waals surface area contributed by atoms with Gasteiger partial charge in [0.2, 0.25) is 17.7 Å². The molecule has 0 saturated carbocycles. The van der Waals surface area contributed by atoms with Gasteiger partial charge in [0.15, 0.2) is 0 Å². The number of carbonyl (C=O) groups is 3. The third kappa shape index (κ3) is 4.34. The number of nitrogens with zero attached hydrogens (tertiary/aromatic N) is 2. The van der Waals surface area contributed by atoms with Crippen LogP contribution in [0.5, 0.6) is 0 Å². The molecule has 1 aromatic rings. The van der Waals surface area contributed by atoms with Crippen molar-refractivity contribution in [3.63, 3.8) is 0 Å². The van der Waals surface area contributed by atoms with Crippen LogP contribution < -0.4 is 10.2 Å². The average molecular weight is 397 g/mol. The van der Waals surface area contributed by atoms with Crippen molar-refractivity contribution < 1.29 is 19.1 Å². The number of amides is 3. The van der Waals surface area contributed by atoms with Gasteiger partial charge in [0.1, 0.15) is 0 Å². The number of nitrogens with one attached hydrogen (secondary N) is 1. The highest BCUT2D eigenvalue weighted by atomic mass is 16.5. The van der Waals surface area contributed by atoms with Crippen LogP contribution in [0.3, 0.4) is 0 Å². The van der Waals surface area contributed by atoms with Crippen molar-refractivity contribution in [1.82, 2.24) is 10.2 Å². The summed E-state index contributed by atoms with van der Waals surface area (Å²) in [7, 11) is 0. The number of imide groups is 1. The maximum Gasteiger partial charge on any atom is 0.233 e. The molecule has 0 unspecified atom stereocenters. The largest absolute Gasteiger partial charge is 0.378 e. The molecule has 7 heteroatoms. The zero-order valence-electron chi connectivity index (χ0n) is 16.5. The van der Waals surface area contributed by atoms with Crippen LogP contribution in [0.15, 0.2) is 36.4 Å². The Morgan fingerprint density at radius 3 is 2.24 bits per heavy atom. The first kappa shape index (κ1) is 19.6. The lowest BCUT2D eigenvalue weighted by Gasteiger charge is -2.28. The van der Waals surface area contributed by atoms with Gasteiger partial charge in [-0.15, -0.1) is 0 Å². The van der Waals surface area contributed by atoms with Gasteiger partial charge in [0, 0.05) is 38.3 Å². The molecule has 0 spiro atoms. The number of morpholine rings is 1. The fraction of sp³-hybridized carbons (Fsp3) is 0.500.